The number of amides is 1. The number of piperazine rings is 1. The Labute approximate surface area is 193 Å². The fourth-order valence-electron chi connectivity index (χ4n) is 3.32. The number of guanidine groups is 1. The number of hydrogen-bond acceptors (Lipinski definition) is 5. The first-order chi connectivity index (χ1) is 14.1. The van der Waals surface area contributed by atoms with E-state index in [4.69, 9.17) is 14.1 Å². The SMILES string of the molecule is CCNC(=NCCc1cccc(OC)c1O)N1CCN(C(=O)c2ccco2)CC1.I. The lowest BCUT2D eigenvalue weighted by atomic mass is 10.1. The number of aromatic hydroxyl groups is 1. The summed E-state index contributed by atoms with van der Waals surface area (Å²) in [6, 6.07) is 8.88. The summed E-state index contributed by atoms with van der Waals surface area (Å²) in [4.78, 5) is 21.1. The van der Waals surface area contributed by atoms with E-state index in [1.807, 2.05) is 19.1 Å². The smallest absolute Gasteiger partial charge is 0.289 e. The molecule has 0 aliphatic carbocycles. The van der Waals surface area contributed by atoms with Gasteiger partial charge in [-0.1, -0.05) is 12.1 Å². The molecule has 2 aromatic rings. The second-order valence-electron chi connectivity index (χ2n) is 6.71. The molecule has 1 aliphatic rings. The average molecular weight is 528 g/mol. The van der Waals surface area contributed by atoms with Crippen molar-refractivity contribution < 1.29 is 19.1 Å². The Balaban J connectivity index is 0.00000320. The number of phenolic OH excluding ortho intramolecular Hbond substituents is 1. The molecule has 1 aromatic heterocycles. The van der Waals surface area contributed by atoms with Gasteiger partial charge in [0.15, 0.2) is 23.2 Å². The quantitative estimate of drug-likeness (QED) is 0.341. The van der Waals surface area contributed by atoms with Gasteiger partial charge in [0.25, 0.3) is 5.91 Å². The average Bonchev–Trinajstić information content (AvgIpc) is 3.29. The predicted molar refractivity (Wildman–Crippen MR) is 126 cm³/mol. The molecule has 0 saturated carbocycles. The Kier molecular flexibility index (Phi) is 9.28. The minimum absolute atomic E-state index is 0. The molecule has 1 fully saturated rings. The number of hydrogen-bond donors (Lipinski definition) is 2. The number of aliphatic imine (C=N–C) groups is 1. The maximum Gasteiger partial charge on any atom is 0.289 e. The lowest BCUT2D eigenvalue weighted by Crippen LogP contribution is -2.53. The highest BCUT2D eigenvalue weighted by Crippen LogP contribution is 2.29. The second-order valence-corrected chi connectivity index (χ2v) is 6.71. The Morgan fingerprint density at radius 1 is 1.20 bits per heavy atom. The van der Waals surface area contributed by atoms with Crippen LogP contribution in [-0.2, 0) is 6.42 Å². The molecule has 2 heterocycles. The Bertz CT molecular complexity index is 834. The number of methoxy groups -OCH3 is 1. The van der Waals surface area contributed by atoms with Crippen molar-refractivity contribution in [3.05, 3.63) is 47.9 Å². The van der Waals surface area contributed by atoms with Gasteiger partial charge < -0.3 is 29.4 Å². The van der Waals surface area contributed by atoms with Gasteiger partial charge in [0.05, 0.1) is 13.4 Å². The Morgan fingerprint density at radius 3 is 2.57 bits per heavy atom. The van der Waals surface area contributed by atoms with Crippen LogP contribution in [0.2, 0.25) is 0 Å². The minimum atomic E-state index is -0.0786. The van der Waals surface area contributed by atoms with Crippen LogP contribution in [0.3, 0.4) is 0 Å². The van der Waals surface area contributed by atoms with E-state index < -0.39 is 0 Å². The lowest BCUT2D eigenvalue weighted by molar-refractivity contribution is 0.0657. The number of carbonyl (C=O) groups excluding carboxylic acids is 1. The van der Waals surface area contributed by atoms with Crippen LogP contribution in [0.25, 0.3) is 0 Å². The second kappa shape index (κ2) is 11.7. The number of carbonyl (C=O) groups is 1. The van der Waals surface area contributed by atoms with E-state index in [2.05, 4.69) is 10.2 Å². The van der Waals surface area contributed by atoms with Crippen LogP contribution >= 0.6 is 24.0 Å². The van der Waals surface area contributed by atoms with Crippen molar-refractivity contribution in [1.29, 1.82) is 0 Å². The summed E-state index contributed by atoms with van der Waals surface area (Å²) in [5.41, 5.74) is 0.804. The lowest BCUT2D eigenvalue weighted by Gasteiger charge is -2.36. The van der Waals surface area contributed by atoms with Gasteiger partial charge in [-0.15, -0.1) is 24.0 Å². The molecule has 1 aromatic carbocycles. The normalized spacial score (nSPS) is 14.3. The zero-order chi connectivity index (χ0) is 20.6. The topological polar surface area (TPSA) is 90.5 Å². The van der Waals surface area contributed by atoms with Crippen molar-refractivity contribution in [1.82, 2.24) is 15.1 Å². The molecule has 8 nitrogen and oxygen atoms in total. The van der Waals surface area contributed by atoms with E-state index in [9.17, 15) is 9.90 Å². The number of rotatable bonds is 6. The van der Waals surface area contributed by atoms with Gasteiger partial charge in [0, 0.05) is 39.3 Å². The van der Waals surface area contributed by atoms with E-state index in [-0.39, 0.29) is 35.6 Å². The van der Waals surface area contributed by atoms with Crippen LogP contribution < -0.4 is 10.1 Å². The highest BCUT2D eigenvalue weighted by atomic mass is 127. The van der Waals surface area contributed by atoms with E-state index in [1.165, 1.54) is 13.4 Å². The van der Waals surface area contributed by atoms with Crippen molar-refractivity contribution in [2.24, 2.45) is 4.99 Å². The molecule has 3 rings (SSSR count). The zero-order valence-electron chi connectivity index (χ0n) is 17.3. The minimum Gasteiger partial charge on any atom is -0.504 e. The van der Waals surface area contributed by atoms with E-state index >= 15 is 0 Å². The van der Waals surface area contributed by atoms with Gasteiger partial charge >= 0.3 is 0 Å². The van der Waals surface area contributed by atoms with Gasteiger partial charge in [-0.2, -0.15) is 0 Å². The van der Waals surface area contributed by atoms with Gasteiger partial charge in [-0.05, 0) is 37.1 Å². The molecular weight excluding hydrogens is 499 g/mol. The maximum absolute atomic E-state index is 12.4. The molecule has 0 atom stereocenters. The summed E-state index contributed by atoms with van der Waals surface area (Å²) >= 11 is 0. The largest absolute Gasteiger partial charge is 0.504 e. The van der Waals surface area contributed by atoms with Crippen molar-refractivity contribution in [3.8, 4) is 11.5 Å². The van der Waals surface area contributed by atoms with Crippen molar-refractivity contribution in [2.75, 3.05) is 46.4 Å². The summed E-state index contributed by atoms with van der Waals surface area (Å²) < 4.78 is 10.4. The van der Waals surface area contributed by atoms with Crippen LogP contribution in [0.5, 0.6) is 11.5 Å². The van der Waals surface area contributed by atoms with E-state index in [1.54, 1.807) is 23.1 Å². The summed E-state index contributed by atoms with van der Waals surface area (Å²) in [6.07, 6.45) is 2.12. The summed E-state index contributed by atoms with van der Waals surface area (Å²) in [5, 5.41) is 13.5. The third-order valence-corrected chi connectivity index (χ3v) is 4.88. The molecule has 30 heavy (non-hydrogen) atoms. The number of nitrogens with one attached hydrogen (secondary N) is 1. The number of halogens is 1. The van der Waals surface area contributed by atoms with Crippen molar-refractivity contribution >= 4 is 35.8 Å². The first kappa shape index (κ1) is 23.8. The van der Waals surface area contributed by atoms with Crippen LogP contribution in [0.1, 0.15) is 23.0 Å². The number of nitrogens with zero attached hydrogens (tertiary/aromatic N) is 3. The number of phenols is 1. The van der Waals surface area contributed by atoms with Gasteiger partial charge in [0.2, 0.25) is 0 Å². The monoisotopic (exact) mass is 528 g/mol. The standard InChI is InChI=1S/C21H28N4O4.HI/c1-3-22-21(23-10-9-16-6-4-7-17(28-2)19(16)26)25-13-11-24(12-14-25)20(27)18-8-5-15-29-18;/h4-8,15,26H,3,9-14H2,1-2H3,(H,22,23);1H. The number of para-hydroxylation sites is 1. The van der Waals surface area contributed by atoms with Gasteiger partial charge in [-0.3, -0.25) is 9.79 Å². The van der Waals surface area contributed by atoms with Gasteiger partial charge in [-0.25, -0.2) is 0 Å². The van der Waals surface area contributed by atoms with Crippen LogP contribution in [0, 0.1) is 0 Å². The highest BCUT2D eigenvalue weighted by Gasteiger charge is 2.25. The molecule has 1 saturated heterocycles. The van der Waals surface area contributed by atoms with Crippen LogP contribution in [-0.4, -0.2) is 73.2 Å². The van der Waals surface area contributed by atoms with Crippen LogP contribution in [0.4, 0.5) is 0 Å². The highest BCUT2D eigenvalue weighted by molar-refractivity contribution is 14.0. The van der Waals surface area contributed by atoms with E-state index in [0.29, 0.717) is 50.7 Å². The van der Waals surface area contributed by atoms with Crippen molar-refractivity contribution in [2.45, 2.75) is 13.3 Å². The van der Waals surface area contributed by atoms with Crippen LogP contribution in [0.15, 0.2) is 46.0 Å². The first-order valence-electron chi connectivity index (χ1n) is 9.85. The molecule has 1 aliphatic heterocycles. The third-order valence-electron chi connectivity index (χ3n) is 4.88. The summed E-state index contributed by atoms with van der Waals surface area (Å²) in [5.74, 6) is 1.75. The molecule has 0 radical (unpaired) electrons. The molecule has 0 bridgehead atoms. The fraction of sp³-hybridized carbons (Fsp3) is 0.429. The summed E-state index contributed by atoms with van der Waals surface area (Å²) in [6.45, 7) is 5.94. The molecule has 0 unspecified atom stereocenters. The Hall–Kier alpha value is -2.43. The van der Waals surface area contributed by atoms with Gasteiger partial charge in [0.1, 0.15) is 0 Å². The first-order valence-corrected chi connectivity index (χ1v) is 9.85. The molecule has 164 valence electrons. The zero-order valence-corrected chi connectivity index (χ0v) is 19.7. The summed E-state index contributed by atoms with van der Waals surface area (Å²) in [7, 11) is 1.54. The predicted octanol–water partition coefficient (Wildman–Crippen LogP) is 2.58. The number of furan rings is 1. The fourth-order valence-corrected chi connectivity index (χ4v) is 3.32. The maximum atomic E-state index is 12.4. The molecule has 9 heteroatoms. The number of benzene rings is 1. The third kappa shape index (κ3) is 5.80. The Morgan fingerprint density at radius 2 is 1.93 bits per heavy atom. The van der Waals surface area contributed by atoms with E-state index in [0.717, 1.165) is 18.1 Å². The van der Waals surface area contributed by atoms with Crippen molar-refractivity contribution in [3.63, 3.8) is 0 Å². The molecular formula is C21H29IN4O4. The molecule has 2 N–H and O–H groups in total. The molecule has 0 spiro atoms. The molecule has 1 amide bonds. The number of ether oxygens (including phenoxy) is 1.